The van der Waals surface area contributed by atoms with Crippen LogP contribution in [0, 0.1) is 0 Å². The van der Waals surface area contributed by atoms with Crippen LogP contribution in [-0.4, -0.2) is 18.6 Å². The van der Waals surface area contributed by atoms with Gasteiger partial charge in [0.1, 0.15) is 6.67 Å². The highest BCUT2D eigenvalue weighted by molar-refractivity contribution is 9.10. The highest BCUT2D eigenvalue weighted by Gasteiger charge is 2.21. The van der Waals surface area contributed by atoms with Crippen molar-refractivity contribution in [3.05, 3.63) is 32.4 Å². The van der Waals surface area contributed by atoms with Gasteiger partial charge in [-0.05, 0) is 24.2 Å². The summed E-state index contributed by atoms with van der Waals surface area (Å²) in [5, 5.41) is 2.17. The van der Waals surface area contributed by atoms with Crippen molar-refractivity contribution in [2.75, 3.05) is 13.7 Å². The van der Waals surface area contributed by atoms with Crippen LogP contribution in [0.15, 0.2) is 20.5 Å². The lowest BCUT2D eigenvalue weighted by Crippen LogP contribution is -2.27. The lowest BCUT2D eigenvalue weighted by Gasteiger charge is -2.03. The van der Waals surface area contributed by atoms with E-state index in [1.807, 2.05) is 0 Å². The molecule has 1 aromatic carbocycles. The number of rotatable bonds is 0. The number of benzene rings is 1. The Morgan fingerprint density at radius 3 is 2.93 bits per heavy atom. The zero-order valence-corrected chi connectivity index (χ0v) is 9.50. The lowest BCUT2D eigenvalue weighted by atomic mass is 10.1. The fourth-order valence-electron chi connectivity index (χ4n) is 2.13. The van der Waals surface area contributed by atoms with Gasteiger partial charge in [-0.3, -0.25) is 14.9 Å². The molecule has 0 atom stereocenters. The Hall–Kier alpha value is -0.740. The normalized spacial score (nSPS) is 18.7. The summed E-state index contributed by atoms with van der Waals surface area (Å²) in [5.41, 5.74) is 2.74. The second-order valence-corrected chi connectivity index (χ2v) is 4.67. The van der Waals surface area contributed by atoms with E-state index in [1.54, 1.807) is 0 Å². The zero-order valence-electron chi connectivity index (χ0n) is 7.92. The molecule has 0 bridgehead atoms. The first kappa shape index (κ1) is 8.56. The third-order valence-electron chi connectivity index (χ3n) is 2.77. The molecule has 0 saturated heterocycles. The molecule has 0 saturated carbocycles. The highest BCUT2D eigenvalue weighted by Crippen LogP contribution is 2.24. The van der Waals surface area contributed by atoms with Gasteiger partial charge in [0.2, 0.25) is 0 Å². The predicted octanol–water partition coefficient (Wildman–Crippen LogP) is 0.605. The van der Waals surface area contributed by atoms with Crippen LogP contribution in [0.25, 0.3) is 0 Å². The van der Waals surface area contributed by atoms with E-state index in [2.05, 4.69) is 43.9 Å². The van der Waals surface area contributed by atoms with E-state index in [0.29, 0.717) is 6.67 Å². The minimum Gasteiger partial charge on any atom is -0.298 e. The van der Waals surface area contributed by atoms with Crippen LogP contribution in [0.3, 0.4) is 0 Å². The Kier molecular flexibility index (Phi) is 1.76. The van der Waals surface area contributed by atoms with Gasteiger partial charge in [-0.2, -0.15) is 0 Å². The maximum absolute atomic E-state index is 4.43. The molecule has 0 aromatic heterocycles. The SMILES string of the molecule is CN1Cc2c(Br)cc3c(c2C1)=NCN=3. The van der Waals surface area contributed by atoms with Crippen LogP contribution in [0.4, 0.5) is 0 Å². The summed E-state index contributed by atoms with van der Waals surface area (Å²) in [5.74, 6) is 0. The van der Waals surface area contributed by atoms with Crippen LogP contribution in [-0.2, 0) is 13.1 Å². The van der Waals surface area contributed by atoms with Gasteiger partial charge in [-0.25, -0.2) is 0 Å². The van der Waals surface area contributed by atoms with Crippen molar-refractivity contribution in [3.8, 4) is 0 Å². The molecule has 0 amide bonds. The molecule has 0 radical (unpaired) electrons. The van der Waals surface area contributed by atoms with Gasteiger partial charge in [0.25, 0.3) is 0 Å². The molecule has 2 aliphatic heterocycles. The third kappa shape index (κ3) is 1.07. The number of nitrogens with zero attached hydrogens (tertiary/aromatic N) is 3. The molecule has 2 aliphatic rings. The van der Waals surface area contributed by atoms with Crippen molar-refractivity contribution in [3.63, 3.8) is 0 Å². The molecule has 0 spiro atoms. The molecule has 4 heteroatoms. The summed E-state index contributed by atoms with van der Waals surface area (Å²) in [7, 11) is 2.13. The van der Waals surface area contributed by atoms with Crippen molar-refractivity contribution in [2.45, 2.75) is 13.1 Å². The Morgan fingerprint density at radius 1 is 1.29 bits per heavy atom. The monoisotopic (exact) mass is 251 g/mol. The summed E-state index contributed by atoms with van der Waals surface area (Å²) in [6.45, 7) is 2.61. The van der Waals surface area contributed by atoms with E-state index in [9.17, 15) is 0 Å². The zero-order chi connectivity index (χ0) is 9.71. The fraction of sp³-hybridized carbons (Fsp3) is 0.400. The molecule has 2 heterocycles. The highest BCUT2D eigenvalue weighted by atomic mass is 79.9. The molecule has 1 aromatic rings. The van der Waals surface area contributed by atoms with Crippen LogP contribution in [0.1, 0.15) is 11.1 Å². The molecule has 72 valence electrons. The largest absolute Gasteiger partial charge is 0.298 e. The van der Waals surface area contributed by atoms with Crippen LogP contribution in [0.5, 0.6) is 0 Å². The van der Waals surface area contributed by atoms with Gasteiger partial charge >= 0.3 is 0 Å². The minimum absolute atomic E-state index is 0.599. The Labute approximate surface area is 90.3 Å². The number of halogens is 1. The summed E-state index contributed by atoms with van der Waals surface area (Å²) in [6.07, 6.45) is 0. The van der Waals surface area contributed by atoms with Crippen LogP contribution < -0.4 is 10.7 Å². The standard InChI is InChI=1S/C10H10BrN3/c1-14-3-6-7(4-14)10-9(2-8(6)11)12-5-13-10/h2H,3-5H2,1H3. The molecule has 0 N–H and O–H groups in total. The molecule has 3 nitrogen and oxygen atoms in total. The first-order valence-corrected chi connectivity index (χ1v) is 5.43. The first-order valence-electron chi connectivity index (χ1n) is 4.63. The van der Waals surface area contributed by atoms with Gasteiger partial charge in [0, 0.05) is 17.6 Å². The predicted molar refractivity (Wildman–Crippen MR) is 56.5 cm³/mol. The molecular weight excluding hydrogens is 242 g/mol. The van der Waals surface area contributed by atoms with E-state index in [-0.39, 0.29) is 0 Å². The topological polar surface area (TPSA) is 28.0 Å². The Bertz CT molecular complexity index is 521. The summed E-state index contributed by atoms with van der Waals surface area (Å²) >= 11 is 3.60. The number of fused-ring (bicyclic) bond motifs is 3. The number of hydrogen-bond donors (Lipinski definition) is 0. The molecule has 14 heavy (non-hydrogen) atoms. The first-order chi connectivity index (χ1) is 6.75. The van der Waals surface area contributed by atoms with Crippen LogP contribution in [0.2, 0.25) is 0 Å². The maximum Gasteiger partial charge on any atom is 0.130 e. The fourth-order valence-corrected chi connectivity index (χ4v) is 2.71. The van der Waals surface area contributed by atoms with Crippen molar-refractivity contribution < 1.29 is 0 Å². The number of hydrogen-bond acceptors (Lipinski definition) is 3. The van der Waals surface area contributed by atoms with E-state index >= 15 is 0 Å². The average molecular weight is 252 g/mol. The maximum atomic E-state index is 4.43. The second-order valence-electron chi connectivity index (χ2n) is 3.81. The second kappa shape index (κ2) is 2.87. The average Bonchev–Trinajstić information content (AvgIpc) is 2.69. The van der Waals surface area contributed by atoms with Crippen molar-refractivity contribution >= 4 is 15.9 Å². The Morgan fingerprint density at radius 2 is 2.07 bits per heavy atom. The van der Waals surface area contributed by atoms with E-state index in [1.165, 1.54) is 15.6 Å². The van der Waals surface area contributed by atoms with Crippen molar-refractivity contribution in [1.29, 1.82) is 0 Å². The van der Waals surface area contributed by atoms with E-state index in [4.69, 9.17) is 0 Å². The van der Waals surface area contributed by atoms with Gasteiger partial charge in [0.15, 0.2) is 0 Å². The summed E-state index contributed by atoms with van der Waals surface area (Å²) < 4.78 is 1.18. The van der Waals surface area contributed by atoms with Crippen molar-refractivity contribution in [2.24, 2.45) is 9.98 Å². The van der Waals surface area contributed by atoms with E-state index < -0.39 is 0 Å². The van der Waals surface area contributed by atoms with Crippen LogP contribution >= 0.6 is 15.9 Å². The van der Waals surface area contributed by atoms with E-state index in [0.717, 1.165) is 23.8 Å². The summed E-state index contributed by atoms with van der Waals surface area (Å²) in [6, 6.07) is 2.09. The van der Waals surface area contributed by atoms with Gasteiger partial charge in [0.05, 0.1) is 10.7 Å². The smallest absolute Gasteiger partial charge is 0.130 e. The molecule has 0 unspecified atom stereocenters. The summed E-state index contributed by atoms with van der Waals surface area (Å²) in [4.78, 5) is 11.1. The molecule has 0 fully saturated rings. The van der Waals surface area contributed by atoms with Gasteiger partial charge < -0.3 is 0 Å². The molecule has 0 aliphatic carbocycles. The lowest BCUT2D eigenvalue weighted by molar-refractivity contribution is 0.352. The van der Waals surface area contributed by atoms with Crippen molar-refractivity contribution in [1.82, 2.24) is 4.90 Å². The Balaban J connectivity index is 2.40. The van der Waals surface area contributed by atoms with Gasteiger partial charge in [-0.1, -0.05) is 15.9 Å². The molecular formula is C10H10BrN3. The van der Waals surface area contributed by atoms with Gasteiger partial charge in [-0.15, -0.1) is 0 Å². The minimum atomic E-state index is 0.599. The quantitative estimate of drug-likeness (QED) is 0.664. The third-order valence-corrected chi connectivity index (χ3v) is 3.48. The molecule has 3 rings (SSSR count).